The zero-order valence-electron chi connectivity index (χ0n) is 14.6. The molecule has 0 spiro atoms. The Morgan fingerprint density at radius 3 is 2.84 bits per heavy atom. The molecule has 4 heterocycles. The summed E-state index contributed by atoms with van der Waals surface area (Å²) in [7, 11) is 0. The number of hydrogen-bond donors (Lipinski definition) is 0. The molecular formula is C19H21N3O3. The van der Waals surface area contributed by atoms with E-state index in [0.29, 0.717) is 17.5 Å². The monoisotopic (exact) mass is 339 g/mol. The van der Waals surface area contributed by atoms with E-state index in [9.17, 15) is 0 Å². The number of rotatable bonds is 3. The van der Waals surface area contributed by atoms with E-state index in [1.807, 2.05) is 24.3 Å². The van der Waals surface area contributed by atoms with E-state index in [1.54, 1.807) is 12.5 Å². The lowest BCUT2D eigenvalue weighted by atomic mass is 9.81. The van der Waals surface area contributed by atoms with Crippen LogP contribution in [-0.4, -0.2) is 27.8 Å². The molecule has 0 aliphatic carbocycles. The van der Waals surface area contributed by atoms with Crippen LogP contribution >= 0.6 is 0 Å². The van der Waals surface area contributed by atoms with E-state index in [1.165, 1.54) is 0 Å². The Balaban J connectivity index is 1.63. The average Bonchev–Trinajstić information content (AvgIpc) is 3.33. The zero-order valence-corrected chi connectivity index (χ0v) is 14.6. The van der Waals surface area contributed by atoms with E-state index in [-0.39, 0.29) is 17.4 Å². The first-order chi connectivity index (χ1) is 12.0. The Morgan fingerprint density at radius 2 is 2.08 bits per heavy atom. The zero-order chi connectivity index (χ0) is 17.4. The number of ether oxygens (including phenoxy) is 1. The summed E-state index contributed by atoms with van der Waals surface area (Å²) < 4.78 is 16.8. The standard InChI is InChI=1S/C19H21N3O3/c1-19(2,3)16-13(7-10-24-16)17-21-18(25-22-17)12-6-8-20-14(11-12)15-5-4-9-23-15/h4-6,8-9,11,13,16H,7,10H2,1-3H3/t13-,16-/m0/s1. The van der Waals surface area contributed by atoms with Crippen LogP contribution in [0.2, 0.25) is 0 Å². The molecule has 0 amide bonds. The Labute approximate surface area is 146 Å². The molecule has 0 saturated carbocycles. The van der Waals surface area contributed by atoms with Crippen molar-refractivity contribution in [3.63, 3.8) is 0 Å². The van der Waals surface area contributed by atoms with Crippen LogP contribution < -0.4 is 0 Å². The van der Waals surface area contributed by atoms with E-state index in [2.05, 4.69) is 35.9 Å². The third kappa shape index (κ3) is 3.09. The maximum atomic E-state index is 5.92. The van der Waals surface area contributed by atoms with Gasteiger partial charge < -0.3 is 13.7 Å². The molecule has 0 bridgehead atoms. The van der Waals surface area contributed by atoms with Crippen molar-refractivity contribution in [2.24, 2.45) is 5.41 Å². The fraction of sp³-hybridized carbons (Fsp3) is 0.421. The van der Waals surface area contributed by atoms with Crippen LogP contribution in [0.4, 0.5) is 0 Å². The molecule has 3 aromatic heterocycles. The number of furan rings is 1. The number of aromatic nitrogens is 3. The van der Waals surface area contributed by atoms with Crippen LogP contribution in [-0.2, 0) is 4.74 Å². The fourth-order valence-corrected chi connectivity index (χ4v) is 3.33. The quantitative estimate of drug-likeness (QED) is 0.708. The van der Waals surface area contributed by atoms with Crippen LogP contribution in [0.25, 0.3) is 22.9 Å². The first-order valence-electron chi connectivity index (χ1n) is 8.48. The molecule has 1 saturated heterocycles. The lowest BCUT2D eigenvalue weighted by molar-refractivity contribution is 0.0193. The largest absolute Gasteiger partial charge is 0.463 e. The SMILES string of the molecule is CC(C)(C)[C@H]1OCC[C@@H]1c1noc(-c2ccnc(-c3ccco3)c2)n1. The van der Waals surface area contributed by atoms with Crippen molar-refractivity contribution in [2.75, 3.05) is 6.61 Å². The van der Waals surface area contributed by atoms with Crippen molar-refractivity contribution in [3.8, 4) is 22.9 Å². The molecule has 2 atom stereocenters. The second-order valence-corrected chi connectivity index (χ2v) is 7.42. The van der Waals surface area contributed by atoms with Crippen LogP contribution in [0.15, 0.2) is 45.7 Å². The summed E-state index contributed by atoms with van der Waals surface area (Å²) in [6, 6.07) is 7.45. The maximum Gasteiger partial charge on any atom is 0.258 e. The summed E-state index contributed by atoms with van der Waals surface area (Å²) in [6.07, 6.45) is 4.35. The first kappa shape index (κ1) is 16.0. The molecule has 1 aliphatic heterocycles. The molecule has 0 unspecified atom stereocenters. The van der Waals surface area contributed by atoms with Gasteiger partial charge >= 0.3 is 0 Å². The predicted molar refractivity (Wildman–Crippen MR) is 91.8 cm³/mol. The summed E-state index contributed by atoms with van der Waals surface area (Å²) in [4.78, 5) is 8.96. The number of pyridine rings is 1. The van der Waals surface area contributed by atoms with Crippen molar-refractivity contribution in [3.05, 3.63) is 42.5 Å². The molecule has 4 rings (SSSR count). The van der Waals surface area contributed by atoms with Gasteiger partial charge in [-0.3, -0.25) is 4.98 Å². The third-order valence-corrected chi connectivity index (χ3v) is 4.50. The fourth-order valence-electron chi connectivity index (χ4n) is 3.33. The molecule has 6 nitrogen and oxygen atoms in total. The van der Waals surface area contributed by atoms with Gasteiger partial charge in [0.05, 0.1) is 18.3 Å². The normalized spacial score (nSPS) is 20.9. The van der Waals surface area contributed by atoms with Gasteiger partial charge in [-0.1, -0.05) is 25.9 Å². The maximum absolute atomic E-state index is 5.92. The second-order valence-electron chi connectivity index (χ2n) is 7.42. The highest BCUT2D eigenvalue weighted by atomic mass is 16.5. The Hall–Kier alpha value is -2.47. The minimum absolute atomic E-state index is 0.0328. The molecule has 0 aromatic carbocycles. The van der Waals surface area contributed by atoms with Gasteiger partial charge in [-0.05, 0) is 36.1 Å². The second kappa shape index (κ2) is 6.11. The Kier molecular flexibility index (Phi) is 3.92. The molecule has 130 valence electrons. The number of nitrogens with zero attached hydrogens (tertiary/aromatic N) is 3. The van der Waals surface area contributed by atoms with Gasteiger partial charge in [-0.25, -0.2) is 0 Å². The van der Waals surface area contributed by atoms with Gasteiger partial charge in [0, 0.05) is 18.4 Å². The van der Waals surface area contributed by atoms with Gasteiger partial charge in [0.1, 0.15) is 5.69 Å². The minimum Gasteiger partial charge on any atom is -0.463 e. The first-order valence-corrected chi connectivity index (χ1v) is 8.48. The summed E-state index contributed by atoms with van der Waals surface area (Å²) in [6.45, 7) is 7.26. The molecule has 25 heavy (non-hydrogen) atoms. The highest BCUT2D eigenvalue weighted by Gasteiger charge is 2.40. The Morgan fingerprint density at radius 1 is 1.20 bits per heavy atom. The van der Waals surface area contributed by atoms with E-state index >= 15 is 0 Å². The van der Waals surface area contributed by atoms with Gasteiger partial charge in [-0.15, -0.1) is 0 Å². The van der Waals surface area contributed by atoms with Crippen molar-refractivity contribution in [1.82, 2.24) is 15.1 Å². The van der Waals surface area contributed by atoms with Gasteiger partial charge in [0.15, 0.2) is 11.6 Å². The average molecular weight is 339 g/mol. The lowest BCUT2D eigenvalue weighted by Gasteiger charge is -2.29. The molecular weight excluding hydrogens is 318 g/mol. The molecule has 1 aliphatic rings. The van der Waals surface area contributed by atoms with Crippen molar-refractivity contribution in [2.45, 2.75) is 39.2 Å². The minimum atomic E-state index is 0.0328. The number of hydrogen-bond acceptors (Lipinski definition) is 6. The summed E-state index contributed by atoms with van der Waals surface area (Å²) in [5.74, 6) is 2.07. The van der Waals surface area contributed by atoms with Crippen LogP contribution in [0.1, 0.15) is 38.9 Å². The molecule has 1 fully saturated rings. The topological polar surface area (TPSA) is 74.2 Å². The van der Waals surface area contributed by atoms with E-state index < -0.39 is 0 Å². The van der Waals surface area contributed by atoms with Crippen LogP contribution in [0.3, 0.4) is 0 Å². The van der Waals surface area contributed by atoms with Gasteiger partial charge in [0.2, 0.25) is 0 Å². The summed E-state index contributed by atoms with van der Waals surface area (Å²) in [5, 5.41) is 4.22. The summed E-state index contributed by atoms with van der Waals surface area (Å²) >= 11 is 0. The molecule has 6 heteroatoms. The van der Waals surface area contributed by atoms with E-state index in [0.717, 1.165) is 24.3 Å². The molecule has 0 N–H and O–H groups in total. The predicted octanol–water partition coefficient (Wildman–Crippen LogP) is 4.31. The van der Waals surface area contributed by atoms with Crippen LogP contribution in [0, 0.1) is 5.41 Å². The van der Waals surface area contributed by atoms with E-state index in [4.69, 9.17) is 13.7 Å². The highest BCUT2D eigenvalue weighted by molar-refractivity contribution is 5.62. The lowest BCUT2D eigenvalue weighted by Crippen LogP contribution is -2.30. The smallest absolute Gasteiger partial charge is 0.258 e. The van der Waals surface area contributed by atoms with Crippen molar-refractivity contribution in [1.29, 1.82) is 0 Å². The van der Waals surface area contributed by atoms with Crippen LogP contribution in [0.5, 0.6) is 0 Å². The van der Waals surface area contributed by atoms with Crippen molar-refractivity contribution >= 4 is 0 Å². The Bertz CT molecular complexity index is 849. The third-order valence-electron chi connectivity index (χ3n) is 4.50. The van der Waals surface area contributed by atoms with Crippen molar-refractivity contribution < 1.29 is 13.7 Å². The highest BCUT2D eigenvalue weighted by Crippen LogP contribution is 2.40. The van der Waals surface area contributed by atoms with Gasteiger partial charge in [0.25, 0.3) is 5.89 Å². The molecule has 3 aromatic rings. The molecule has 0 radical (unpaired) electrons. The summed E-state index contributed by atoms with van der Waals surface area (Å²) in [5.41, 5.74) is 1.59. The van der Waals surface area contributed by atoms with Gasteiger partial charge in [-0.2, -0.15) is 4.98 Å².